The largest absolute Gasteiger partial charge is 0.299 e. The SMILES string of the molecule is C=CC=O.N#CS.N#CS. The molecule has 0 fully saturated rings. The van der Waals surface area contributed by atoms with E-state index in [1.807, 2.05) is 0 Å². The van der Waals surface area contributed by atoms with Crippen LogP contribution >= 0.6 is 25.3 Å². The monoisotopic (exact) mass is 174 g/mol. The van der Waals surface area contributed by atoms with E-state index >= 15 is 0 Å². The van der Waals surface area contributed by atoms with Crippen LogP contribution in [0.2, 0.25) is 0 Å². The quantitative estimate of drug-likeness (QED) is 0.271. The van der Waals surface area contributed by atoms with Crippen LogP contribution in [0.4, 0.5) is 0 Å². The average Bonchev–Trinajstić information content (AvgIpc) is 1.91. The lowest BCUT2D eigenvalue weighted by molar-refractivity contribution is -0.104. The molecule has 5 heteroatoms. The summed E-state index contributed by atoms with van der Waals surface area (Å²) in [5.74, 6) is 0. The van der Waals surface area contributed by atoms with Crippen molar-refractivity contribution in [2.75, 3.05) is 0 Å². The normalized spacial score (nSPS) is 3.60. The molecule has 0 saturated carbocycles. The molecule has 54 valence electrons. The van der Waals surface area contributed by atoms with Crippen molar-refractivity contribution in [1.82, 2.24) is 0 Å². The molecule has 0 N–H and O–H groups in total. The van der Waals surface area contributed by atoms with Crippen molar-refractivity contribution in [3.8, 4) is 10.8 Å². The number of nitriles is 2. The van der Waals surface area contributed by atoms with E-state index in [9.17, 15) is 0 Å². The molecule has 0 aliphatic heterocycles. The molecule has 0 aliphatic carbocycles. The van der Waals surface area contributed by atoms with Gasteiger partial charge in [0.05, 0.1) is 0 Å². The van der Waals surface area contributed by atoms with E-state index in [2.05, 4.69) is 31.8 Å². The Hall–Kier alpha value is -0.910. The highest BCUT2D eigenvalue weighted by Gasteiger charge is 1.38. The molecule has 0 bridgehead atoms. The molecule has 0 spiro atoms. The Morgan fingerprint density at radius 2 is 1.40 bits per heavy atom. The molecule has 0 aromatic carbocycles. The van der Waals surface area contributed by atoms with Crippen LogP contribution in [0.3, 0.4) is 0 Å². The fourth-order valence-corrected chi connectivity index (χ4v) is 0. The first kappa shape index (κ1) is 16.0. The Labute approximate surface area is 70.8 Å². The van der Waals surface area contributed by atoms with Gasteiger partial charge >= 0.3 is 0 Å². The summed E-state index contributed by atoms with van der Waals surface area (Å²) in [4.78, 5) is 9.06. The van der Waals surface area contributed by atoms with Crippen LogP contribution in [0.15, 0.2) is 12.7 Å². The average molecular weight is 174 g/mol. The van der Waals surface area contributed by atoms with Gasteiger partial charge in [0.1, 0.15) is 17.1 Å². The van der Waals surface area contributed by atoms with Crippen LogP contribution in [0.25, 0.3) is 0 Å². The highest BCUT2D eigenvalue weighted by molar-refractivity contribution is 7.85. The number of carbonyl (C=O) groups is 1. The van der Waals surface area contributed by atoms with Crippen molar-refractivity contribution >= 4 is 31.5 Å². The van der Waals surface area contributed by atoms with Crippen LogP contribution in [-0.2, 0) is 4.79 Å². The van der Waals surface area contributed by atoms with Gasteiger partial charge in [0, 0.05) is 0 Å². The smallest absolute Gasteiger partial charge is 0.142 e. The molecular formula is C5H6N2OS2. The Morgan fingerprint density at radius 1 is 1.30 bits per heavy atom. The maximum absolute atomic E-state index is 9.06. The van der Waals surface area contributed by atoms with E-state index in [0.717, 1.165) is 0 Å². The van der Waals surface area contributed by atoms with Gasteiger partial charge in [-0.2, -0.15) is 10.5 Å². The van der Waals surface area contributed by atoms with E-state index in [0.29, 0.717) is 6.29 Å². The third-order valence-corrected chi connectivity index (χ3v) is 0.0962. The van der Waals surface area contributed by atoms with E-state index in [1.165, 1.54) is 16.9 Å². The summed E-state index contributed by atoms with van der Waals surface area (Å²) in [5.41, 5.74) is 0. The highest BCUT2D eigenvalue weighted by atomic mass is 32.1. The molecule has 0 aliphatic rings. The van der Waals surface area contributed by atoms with Gasteiger partial charge < -0.3 is 0 Å². The summed E-state index contributed by atoms with van der Waals surface area (Å²) in [6, 6.07) is 0. The fourth-order valence-electron chi connectivity index (χ4n) is 0. The lowest BCUT2D eigenvalue weighted by atomic mass is 10.8. The minimum atomic E-state index is 0.639. The lowest BCUT2D eigenvalue weighted by Gasteiger charge is -1.37. The van der Waals surface area contributed by atoms with Crippen molar-refractivity contribution in [3.05, 3.63) is 12.7 Å². The number of aldehydes is 1. The number of thiol groups is 2. The molecule has 0 rings (SSSR count). The Balaban J connectivity index is -0.0000000750. The zero-order valence-corrected chi connectivity index (χ0v) is 6.85. The van der Waals surface area contributed by atoms with Crippen LogP contribution in [-0.4, -0.2) is 6.29 Å². The number of thiocyanates is 2. The van der Waals surface area contributed by atoms with Crippen molar-refractivity contribution in [3.63, 3.8) is 0 Å². The highest BCUT2D eigenvalue weighted by Crippen LogP contribution is 1.46. The van der Waals surface area contributed by atoms with Gasteiger partial charge in [-0.05, 0) is 6.08 Å². The second-order valence-corrected chi connectivity index (χ2v) is 0.972. The molecule has 0 heterocycles. The molecule has 0 saturated heterocycles. The zero-order chi connectivity index (χ0) is 8.83. The summed E-state index contributed by atoms with van der Waals surface area (Å²) in [6.45, 7) is 3.11. The topological polar surface area (TPSA) is 64.7 Å². The third kappa shape index (κ3) is 32500. The van der Waals surface area contributed by atoms with Crippen LogP contribution in [0.5, 0.6) is 0 Å². The first-order valence-electron chi connectivity index (χ1n) is 1.87. The lowest BCUT2D eigenvalue weighted by Crippen LogP contribution is -1.44. The fraction of sp³-hybridized carbons (Fsp3) is 0. The summed E-state index contributed by atoms with van der Waals surface area (Å²) >= 11 is 6.19. The number of carbonyl (C=O) groups excluding carboxylic acids is 1. The molecule has 3 nitrogen and oxygen atoms in total. The summed E-state index contributed by atoms with van der Waals surface area (Å²) in [7, 11) is 0. The van der Waals surface area contributed by atoms with Crippen molar-refractivity contribution < 1.29 is 4.79 Å². The van der Waals surface area contributed by atoms with Crippen molar-refractivity contribution in [2.45, 2.75) is 0 Å². The van der Waals surface area contributed by atoms with E-state index in [4.69, 9.17) is 15.3 Å². The Bertz CT molecular complexity index is 127. The predicted octanol–water partition coefficient (Wildman–Crippen LogP) is 1.17. The number of rotatable bonds is 1. The first-order chi connectivity index (χ1) is 4.74. The van der Waals surface area contributed by atoms with Gasteiger partial charge in [-0.1, -0.05) is 31.8 Å². The molecule has 0 unspecified atom stereocenters. The molecule has 0 atom stereocenters. The number of hydrogen-bond donors (Lipinski definition) is 2. The van der Waals surface area contributed by atoms with Gasteiger partial charge in [-0.15, -0.1) is 0 Å². The van der Waals surface area contributed by atoms with Crippen LogP contribution in [0.1, 0.15) is 0 Å². The second-order valence-electron chi connectivity index (χ2n) is 0.572. The second kappa shape index (κ2) is 42.6. The minimum absolute atomic E-state index is 0.639. The van der Waals surface area contributed by atoms with E-state index in [1.54, 1.807) is 0 Å². The van der Waals surface area contributed by atoms with Crippen molar-refractivity contribution in [2.24, 2.45) is 0 Å². The first-order valence-corrected chi connectivity index (χ1v) is 2.77. The van der Waals surface area contributed by atoms with E-state index in [-0.39, 0.29) is 0 Å². The maximum atomic E-state index is 9.06. The molecule has 0 amide bonds. The zero-order valence-electron chi connectivity index (χ0n) is 5.06. The maximum Gasteiger partial charge on any atom is 0.142 e. The molecule has 0 aromatic heterocycles. The number of allylic oxidation sites excluding steroid dienone is 1. The van der Waals surface area contributed by atoms with Crippen LogP contribution < -0.4 is 0 Å². The summed E-state index contributed by atoms with van der Waals surface area (Å²) in [6.07, 6.45) is 1.83. The van der Waals surface area contributed by atoms with Crippen molar-refractivity contribution in [1.29, 1.82) is 10.5 Å². The molecule has 10 heavy (non-hydrogen) atoms. The molecular weight excluding hydrogens is 168 g/mol. The Morgan fingerprint density at radius 3 is 1.40 bits per heavy atom. The molecule has 0 aromatic rings. The van der Waals surface area contributed by atoms with Gasteiger partial charge in [0.2, 0.25) is 0 Å². The predicted molar refractivity (Wildman–Crippen MR) is 45.5 cm³/mol. The standard InChI is InChI=1S/C3H4O.2CHNS/c1-2-3-4;2*2-1-3/h2-3H,1H2;2*3H. The Kier molecular flexibility index (Phi) is 68.3. The van der Waals surface area contributed by atoms with Gasteiger partial charge in [0.15, 0.2) is 0 Å². The molecule has 0 radical (unpaired) electrons. The van der Waals surface area contributed by atoms with Gasteiger partial charge in [-0.25, -0.2) is 0 Å². The van der Waals surface area contributed by atoms with E-state index < -0.39 is 0 Å². The van der Waals surface area contributed by atoms with Gasteiger partial charge in [0.25, 0.3) is 0 Å². The van der Waals surface area contributed by atoms with Gasteiger partial charge in [-0.3, -0.25) is 4.79 Å². The number of hydrogen-bond acceptors (Lipinski definition) is 5. The summed E-state index contributed by atoms with van der Waals surface area (Å²) < 4.78 is 0. The summed E-state index contributed by atoms with van der Waals surface area (Å²) in [5, 5.41) is 17.3. The third-order valence-electron chi connectivity index (χ3n) is 0.0962. The number of nitrogens with zero attached hydrogens (tertiary/aromatic N) is 2. The minimum Gasteiger partial charge on any atom is -0.299 e. The van der Waals surface area contributed by atoms with Crippen LogP contribution in [0, 0.1) is 21.3 Å².